The van der Waals surface area contributed by atoms with E-state index in [4.69, 9.17) is 0 Å². The Labute approximate surface area is 121 Å². The van der Waals surface area contributed by atoms with E-state index >= 15 is 0 Å². The van der Waals surface area contributed by atoms with Gasteiger partial charge in [0.05, 0.1) is 0 Å². The van der Waals surface area contributed by atoms with Crippen LogP contribution in [0.3, 0.4) is 0 Å². The number of carbonyl (C=O) groups excluding carboxylic acids is 1. The van der Waals surface area contributed by atoms with Crippen molar-refractivity contribution < 1.29 is 14.7 Å². The van der Waals surface area contributed by atoms with Gasteiger partial charge in [0.15, 0.2) is 0 Å². The molecule has 1 saturated carbocycles. The Morgan fingerprint density at radius 1 is 1.35 bits per heavy atom. The lowest BCUT2D eigenvalue weighted by atomic mass is 9.77. The van der Waals surface area contributed by atoms with E-state index in [-0.39, 0.29) is 11.6 Å². The summed E-state index contributed by atoms with van der Waals surface area (Å²) in [7, 11) is 1.72. The highest BCUT2D eigenvalue weighted by atomic mass is 16.4. The van der Waals surface area contributed by atoms with Gasteiger partial charge in [0.25, 0.3) is 0 Å². The molecule has 0 bridgehead atoms. The number of hydrogen-bond acceptors (Lipinski definition) is 2. The maximum atomic E-state index is 12.4. The first kappa shape index (κ1) is 16.8. The van der Waals surface area contributed by atoms with Crippen LogP contribution >= 0.6 is 0 Å². The zero-order valence-electron chi connectivity index (χ0n) is 13.3. The van der Waals surface area contributed by atoms with Crippen LogP contribution in [0.1, 0.15) is 59.8 Å². The van der Waals surface area contributed by atoms with Crippen molar-refractivity contribution in [2.45, 2.75) is 70.9 Å². The molecule has 0 radical (unpaired) electrons. The van der Waals surface area contributed by atoms with Crippen molar-refractivity contribution in [3.05, 3.63) is 0 Å². The van der Waals surface area contributed by atoms with Crippen molar-refractivity contribution in [3.63, 3.8) is 0 Å². The molecule has 0 saturated heterocycles. The zero-order chi connectivity index (χ0) is 15.6. The maximum absolute atomic E-state index is 12.4. The monoisotopic (exact) mass is 284 g/mol. The summed E-state index contributed by atoms with van der Waals surface area (Å²) in [4.78, 5) is 25.6. The molecule has 0 aliphatic heterocycles. The minimum Gasteiger partial charge on any atom is -0.480 e. The lowest BCUT2D eigenvalue weighted by Gasteiger charge is -2.41. The van der Waals surface area contributed by atoms with Gasteiger partial charge in [-0.15, -0.1) is 0 Å². The average Bonchev–Trinajstić information content (AvgIpc) is 2.40. The van der Waals surface area contributed by atoms with E-state index in [0.717, 1.165) is 19.3 Å². The molecule has 0 unspecified atom stereocenters. The van der Waals surface area contributed by atoms with Gasteiger partial charge in [-0.2, -0.15) is 0 Å². The predicted octanol–water partition coefficient (Wildman–Crippen LogP) is 2.85. The van der Waals surface area contributed by atoms with E-state index in [1.165, 1.54) is 0 Å². The molecule has 0 aromatic heterocycles. The molecule has 1 aliphatic carbocycles. The fourth-order valence-corrected chi connectivity index (χ4v) is 2.45. The Kier molecular flexibility index (Phi) is 5.05. The second-order valence-corrected chi connectivity index (χ2v) is 6.72. The number of rotatable bonds is 4. The third-order valence-corrected chi connectivity index (χ3v) is 4.96. The second-order valence-electron chi connectivity index (χ2n) is 6.72. The summed E-state index contributed by atoms with van der Waals surface area (Å²) < 4.78 is 0. The van der Waals surface area contributed by atoms with Gasteiger partial charge in [-0.1, -0.05) is 13.8 Å². The summed E-state index contributed by atoms with van der Waals surface area (Å²) in [5.74, 6) is -0.385. The number of nitrogens with zero attached hydrogens (tertiary/aromatic N) is 1. The number of urea groups is 1. The topological polar surface area (TPSA) is 69.6 Å². The van der Waals surface area contributed by atoms with Gasteiger partial charge in [-0.25, -0.2) is 9.59 Å². The molecule has 0 heterocycles. The molecule has 5 heteroatoms. The Balaban J connectivity index is 2.82. The lowest BCUT2D eigenvalue weighted by Crippen LogP contribution is -2.61. The summed E-state index contributed by atoms with van der Waals surface area (Å²) >= 11 is 0. The SMILES string of the molecule is CCC(C)(C)N(C)C(=O)NC1(C(=O)O)CCC(C)CC1. The van der Waals surface area contributed by atoms with Crippen LogP contribution in [-0.2, 0) is 4.79 Å². The number of carboxylic acids is 1. The Hall–Kier alpha value is -1.26. The Bertz CT molecular complexity index is 371. The van der Waals surface area contributed by atoms with Crippen molar-refractivity contribution in [3.8, 4) is 0 Å². The quantitative estimate of drug-likeness (QED) is 0.834. The van der Waals surface area contributed by atoms with Crippen LogP contribution in [-0.4, -0.2) is 40.1 Å². The minimum absolute atomic E-state index is 0.286. The molecule has 1 fully saturated rings. The molecular weight excluding hydrogens is 256 g/mol. The fraction of sp³-hybridized carbons (Fsp3) is 0.867. The molecule has 0 aromatic rings. The lowest BCUT2D eigenvalue weighted by molar-refractivity contribution is -0.146. The number of carbonyl (C=O) groups is 2. The van der Waals surface area contributed by atoms with Crippen molar-refractivity contribution in [1.82, 2.24) is 10.2 Å². The third-order valence-electron chi connectivity index (χ3n) is 4.96. The standard InChI is InChI=1S/C15H28N2O3/c1-6-14(3,4)17(5)13(20)16-15(12(18)19)9-7-11(2)8-10-15/h11H,6-10H2,1-5H3,(H,16,20)(H,18,19). The van der Waals surface area contributed by atoms with Gasteiger partial charge in [0, 0.05) is 12.6 Å². The van der Waals surface area contributed by atoms with Crippen LogP contribution in [0.5, 0.6) is 0 Å². The summed E-state index contributed by atoms with van der Waals surface area (Å²) in [6, 6.07) is -0.297. The van der Waals surface area contributed by atoms with Gasteiger partial charge in [-0.05, 0) is 51.9 Å². The largest absolute Gasteiger partial charge is 0.480 e. The van der Waals surface area contributed by atoms with Crippen molar-refractivity contribution in [2.24, 2.45) is 5.92 Å². The molecule has 20 heavy (non-hydrogen) atoms. The summed E-state index contributed by atoms with van der Waals surface area (Å²) in [5.41, 5.74) is -1.38. The molecule has 1 aliphatic rings. The van der Waals surface area contributed by atoms with E-state index in [0.29, 0.717) is 18.8 Å². The first-order chi connectivity index (χ1) is 9.14. The highest BCUT2D eigenvalue weighted by Gasteiger charge is 2.43. The van der Waals surface area contributed by atoms with Gasteiger partial charge in [0.2, 0.25) is 0 Å². The van der Waals surface area contributed by atoms with Crippen LogP contribution in [0.15, 0.2) is 0 Å². The van der Waals surface area contributed by atoms with Crippen molar-refractivity contribution in [2.75, 3.05) is 7.05 Å². The second kappa shape index (κ2) is 6.02. The summed E-state index contributed by atoms with van der Waals surface area (Å²) in [5, 5.41) is 12.3. The molecule has 2 N–H and O–H groups in total. The van der Waals surface area contributed by atoms with Crippen LogP contribution in [0.4, 0.5) is 4.79 Å². The van der Waals surface area contributed by atoms with Gasteiger partial charge >= 0.3 is 12.0 Å². The number of nitrogens with one attached hydrogen (secondary N) is 1. The van der Waals surface area contributed by atoms with Gasteiger partial charge in [0.1, 0.15) is 5.54 Å². The number of aliphatic carboxylic acids is 1. The molecule has 116 valence electrons. The first-order valence-corrected chi connectivity index (χ1v) is 7.44. The number of carboxylic acid groups (broad SMARTS) is 1. The van der Waals surface area contributed by atoms with E-state index in [1.54, 1.807) is 11.9 Å². The molecule has 2 amide bonds. The average molecular weight is 284 g/mol. The highest BCUT2D eigenvalue weighted by Crippen LogP contribution is 2.32. The maximum Gasteiger partial charge on any atom is 0.329 e. The predicted molar refractivity (Wildman–Crippen MR) is 78.7 cm³/mol. The molecule has 0 atom stereocenters. The molecule has 5 nitrogen and oxygen atoms in total. The highest BCUT2D eigenvalue weighted by molar-refractivity contribution is 5.86. The zero-order valence-corrected chi connectivity index (χ0v) is 13.3. The minimum atomic E-state index is -1.10. The molecule has 0 aromatic carbocycles. The summed E-state index contributed by atoms with van der Waals surface area (Å²) in [6.45, 7) is 8.09. The molecule has 1 rings (SSSR count). The number of amides is 2. The van der Waals surface area contributed by atoms with Crippen molar-refractivity contribution in [1.29, 1.82) is 0 Å². The van der Waals surface area contributed by atoms with Crippen LogP contribution < -0.4 is 5.32 Å². The van der Waals surface area contributed by atoms with E-state index < -0.39 is 11.5 Å². The van der Waals surface area contributed by atoms with Crippen LogP contribution in [0, 0.1) is 5.92 Å². The van der Waals surface area contributed by atoms with Crippen LogP contribution in [0.25, 0.3) is 0 Å². The Morgan fingerprint density at radius 2 is 1.85 bits per heavy atom. The Morgan fingerprint density at radius 3 is 2.25 bits per heavy atom. The molecular formula is C15H28N2O3. The number of hydrogen-bond donors (Lipinski definition) is 2. The van der Waals surface area contributed by atoms with E-state index in [2.05, 4.69) is 12.2 Å². The molecule has 0 spiro atoms. The van der Waals surface area contributed by atoms with E-state index in [1.807, 2.05) is 20.8 Å². The fourth-order valence-electron chi connectivity index (χ4n) is 2.45. The van der Waals surface area contributed by atoms with Gasteiger partial charge < -0.3 is 15.3 Å². The normalized spacial score (nSPS) is 26.9. The van der Waals surface area contributed by atoms with Gasteiger partial charge in [-0.3, -0.25) is 0 Å². The summed E-state index contributed by atoms with van der Waals surface area (Å²) in [6.07, 6.45) is 3.51. The smallest absolute Gasteiger partial charge is 0.329 e. The van der Waals surface area contributed by atoms with Crippen molar-refractivity contribution >= 4 is 12.0 Å². The van der Waals surface area contributed by atoms with Crippen LogP contribution in [0.2, 0.25) is 0 Å². The third kappa shape index (κ3) is 3.44. The first-order valence-electron chi connectivity index (χ1n) is 7.44. The van der Waals surface area contributed by atoms with E-state index in [9.17, 15) is 14.7 Å².